The van der Waals surface area contributed by atoms with E-state index in [1.165, 1.54) is 0 Å². The number of hydrogen-bond donors (Lipinski definition) is 1. The summed E-state index contributed by atoms with van der Waals surface area (Å²) in [5.41, 5.74) is 1.94. The zero-order valence-corrected chi connectivity index (χ0v) is 15.7. The first-order valence-corrected chi connectivity index (χ1v) is 9.47. The summed E-state index contributed by atoms with van der Waals surface area (Å²) in [5.74, 6) is 2.35. The Morgan fingerprint density at radius 2 is 1.93 bits per heavy atom. The number of phenolic OH excluding ortho intramolecular Hbond substituents is 1. The van der Waals surface area contributed by atoms with Gasteiger partial charge in [-0.25, -0.2) is 9.97 Å². The van der Waals surface area contributed by atoms with E-state index in [-0.39, 0.29) is 0 Å². The molecule has 0 saturated carbocycles. The monoisotopic (exact) mass is 370 g/mol. The predicted molar refractivity (Wildman–Crippen MR) is 103 cm³/mol. The summed E-state index contributed by atoms with van der Waals surface area (Å²) in [6, 6.07) is 9.61. The molecule has 1 N–H and O–H groups in total. The summed E-state index contributed by atoms with van der Waals surface area (Å²) in [6.07, 6.45) is 1.00. The van der Waals surface area contributed by atoms with Gasteiger partial charge in [-0.05, 0) is 18.6 Å². The molecule has 1 aromatic heterocycles. The summed E-state index contributed by atoms with van der Waals surface area (Å²) in [6.45, 7) is 5.29. The van der Waals surface area contributed by atoms with Crippen LogP contribution in [0, 0.1) is 0 Å². The van der Waals surface area contributed by atoms with E-state index < -0.39 is 0 Å². The van der Waals surface area contributed by atoms with E-state index in [0.717, 1.165) is 68.8 Å². The van der Waals surface area contributed by atoms with Gasteiger partial charge in [0.1, 0.15) is 18.2 Å². The molecule has 0 bridgehead atoms. The molecule has 2 aliphatic heterocycles. The van der Waals surface area contributed by atoms with Crippen LogP contribution in [0.15, 0.2) is 30.3 Å². The number of hydrogen-bond acceptors (Lipinski definition) is 7. The molecule has 3 heterocycles. The Kier molecular flexibility index (Phi) is 5.40. The number of para-hydroxylation sites is 2. The van der Waals surface area contributed by atoms with Crippen molar-refractivity contribution >= 4 is 11.5 Å². The van der Waals surface area contributed by atoms with E-state index in [4.69, 9.17) is 14.5 Å². The molecule has 144 valence electrons. The number of methoxy groups -OCH3 is 1. The highest BCUT2D eigenvalue weighted by molar-refractivity contribution is 5.58. The van der Waals surface area contributed by atoms with Gasteiger partial charge in [0.05, 0.1) is 18.0 Å². The minimum atomic E-state index is 0.332. The fourth-order valence-electron chi connectivity index (χ4n) is 3.74. The van der Waals surface area contributed by atoms with E-state index in [2.05, 4.69) is 20.9 Å². The number of rotatable bonds is 5. The van der Waals surface area contributed by atoms with Crippen LogP contribution >= 0.6 is 0 Å². The highest BCUT2D eigenvalue weighted by atomic mass is 16.5. The van der Waals surface area contributed by atoms with E-state index in [0.29, 0.717) is 18.3 Å². The van der Waals surface area contributed by atoms with Crippen molar-refractivity contribution in [3.63, 3.8) is 0 Å². The van der Waals surface area contributed by atoms with Crippen LogP contribution < -0.4 is 9.80 Å². The maximum Gasteiger partial charge on any atom is 0.156 e. The van der Waals surface area contributed by atoms with Gasteiger partial charge in [0, 0.05) is 51.9 Å². The molecule has 2 aliphatic rings. The van der Waals surface area contributed by atoms with Gasteiger partial charge in [-0.15, -0.1) is 0 Å². The van der Waals surface area contributed by atoms with Gasteiger partial charge in [0.15, 0.2) is 5.82 Å². The highest BCUT2D eigenvalue weighted by Crippen LogP contribution is 2.29. The molecule has 4 rings (SSSR count). The molecule has 2 saturated heterocycles. The van der Waals surface area contributed by atoms with E-state index >= 15 is 0 Å². The van der Waals surface area contributed by atoms with Crippen LogP contribution in [0.5, 0.6) is 5.75 Å². The van der Waals surface area contributed by atoms with Crippen molar-refractivity contribution in [2.75, 3.05) is 56.3 Å². The zero-order valence-electron chi connectivity index (χ0n) is 15.7. The maximum absolute atomic E-state index is 10.1. The van der Waals surface area contributed by atoms with Crippen molar-refractivity contribution in [1.82, 2.24) is 9.97 Å². The number of benzene rings is 1. The molecular weight excluding hydrogens is 344 g/mol. The quantitative estimate of drug-likeness (QED) is 0.865. The van der Waals surface area contributed by atoms with Crippen molar-refractivity contribution in [2.24, 2.45) is 0 Å². The summed E-state index contributed by atoms with van der Waals surface area (Å²) < 4.78 is 10.8. The van der Waals surface area contributed by atoms with Crippen LogP contribution in [-0.2, 0) is 16.1 Å². The second kappa shape index (κ2) is 8.10. The Balaban J connectivity index is 1.51. The van der Waals surface area contributed by atoms with Gasteiger partial charge in [0.25, 0.3) is 0 Å². The van der Waals surface area contributed by atoms with Gasteiger partial charge in [0.2, 0.25) is 0 Å². The van der Waals surface area contributed by atoms with Crippen LogP contribution in [0.3, 0.4) is 0 Å². The lowest BCUT2D eigenvalue weighted by Crippen LogP contribution is -2.47. The van der Waals surface area contributed by atoms with Crippen LogP contribution in [0.25, 0.3) is 0 Å². The first kappa shape index (κ1) is 18.0. The number of piperazine rings is 1. The third kappa shape index (κ3) is 3.99. The molecule has 2 fully saturated rings. The molecule has 1 atom stereocenters. The van der Waals surface area contributed by atoms with Crippen molar-refractivity contribution in [3.8, 4) is 5.75 Å². The number of aromatic nitrogens is 2. The molecule has 27 heavy (non-hydrogen) atoms. The van der Waals surface area contributed by atoms with Crippen molar-refractivity contribution in [1.29, 1.82) is 0 Å². The van der Waals surface area contributed by atoms with E-state index in [1.54, 1.807) is 13.2 Å². The summed E-state index contributed by atoms with van der Waals surface area (Å²) in [7, 11) is 1.67. The maximum atomic E-state index is 10.1. The molecule has 0 spiro atoms. The molecule has 0 aliphatic carbocycles. The SMILES string of the molecule is COCc1nc(C2CCOC2)cc(N2CCN(c3ccccc3O)CC2)n1. The van der Waals surface area contributed by atoms with Crippen molar-refractivity contribution < 1.29 is 14.6 Å². The van der Waals surface area contributed by atoms with Gasteiger partial charge in [-0.2, -0.15) is 0 Å². The Hall–Kier alpha value is -2.38. The van der Waals surface area contributed by atoms with Gasteiger partial charge in [-0.1, -0.05) is 12.1 Å². The first-order chi connectivity index (χ1) is 13.2. The minimum absolute atomic E-state index is 0.332. The Labute approximate surface area is 159 Å². The average molecular weight is 370 g/mol. The zero-order chi connectivity index (χ0) is 18.6. The second-order valence-corrected chi connectivity index (χ2v) is 7.02. The Morgan fingerprint density at radius 3 is 2.63 bits per heavy atom. The summed E-state index contributed by atoms with van der Waals surface area (Å²) in [4.78, 5) is 13.9. The summed E-state index contributed by atoms with van der Waals surface area (Å²) >= 11 is 0. The number of anilines is 2. The summed E-state index contributed by atoms with van der Waals surface area (Å²) in [5, 5.41) is 10.1. The Morgan fingerprint density at radius 1 is 1.15 bits per heavy atom. The van der Waals surface area contributed by atoms with Crippen LogP contribution in [0.1, 0.15) is 23.9 Å². The Bertz CT molecular complexity index is 772. The van der Waals surface area contributed by atoms with E-state index in [9.17, 15) is 5.11 Å². The molecule has 1 aromatic carbocycles. The van der Waals surface area contributed by atoms with Gasteiger partial charge in [-0.3, -0.25) is 0 Å². The third-order valence-electron chi connectivity index (χ3n) is 5.23. The number of phenols is 1. The average Bonchev–Trinajstić information content (AvgIpc) is 3.24. The molecular formula is C20H26N4O3. The van der Waals surface area contributed by atoms with Crippen molar-refractivity contribution in [3.05, 3.63) is 41.9 Å². The molecule has 1 unspecified atom stereocenters. The molecule has 2 aromatic rings. The topological polar surface area (TPSA) is 71.0 Å². The first-order valence-electron chi connectivity index (χ1n) is 9.47. The largest absolute Gasteiger partial charge is 0.506 e. The normalized spacial score (nSPS) is 20.3. The third-order valence-corrected chi connectivity index (χ3v) is 5.23. The number of ether oxygens (including phenoxy) is 2. The van der Waals surface area contributed by atoms with Crippen LogP contribution in [0.2, 0.25) is 0 Å². The molecule has 7 nitrogen and oxygen atoms in total. The lowest BCUT2D eigenvalue weighted by atomic mass is 10.0. The van der Waals surface area contributed by atoms with E-state index in [1.807, 2.05) is 18.2 Å². The standard InChI is InChI=1S/C20H26N4O3/c1-26-14-19-21-16(15-6-11-27-13-15)12-20(22-19)24-9-7-23(8-10-24)17-4-2-3-5-18(17)25/h2-5,12,15,25H,6-11,13-14H2,1H3. The molecule has 7 heteroatoms. The fraction of sp³-hybridized carbons (Fsp3) is 0.500. The smallest absolute Gasteiger partial charge is 0.156 e. The van der Waals surface area contributed by atoms with Crippen LogP contribution in [-0.4, -0.2) is 61.6 Å². The fourth-order valence-corrected chi connectivity index (χ4v) is 3.74. The van der Waals surface area contributed by atoms with Crippen molar-refractivity contribution in [2.45, 2.75) is 18.9 Å². The highest BCUT2D eigenvalue weighted by Gasteiger charge is 2.24. The van der Waals surface area contributed by atoms with Gasteiger partial charge >= 0.3 is 0 Å². The predicted octanol–water partition coefficient (Wildman–Crippen LogP) is 2.16. The number of aromatic hydroxyl groups is 1. The lowest BCUT2D eigenvalue weighted by Gasteiger charge is -2.37. The molecule has 0 radical (unpaired) electrons. The van der Waals surface area contributed by atoms with Gasteiger partial charge < -0.3 is 24.4 Å². The molecule has 0 amide bonds. The lowest BCUT2D eigenvalue weighted by molar-refractivity contribution is 0.177. The minimum Gasteiger partial charge on any atom is -0.506 e. The second-order valence-electron chi connectivity index (χ2n) is 7.02. The number of nitrogens with zero attached hydrogens (tertiary/aromatic N) is 4. The van der Waals surface area contributed by atoms with Crippen LogP contribution in [0.4, 0.5) is 11.5 Å².